The topological polar surface area (TPSA) is 46.9 Å². The van der Waals surface area contributed by atoms with Crippen LogP contribution < -0.4 is 5.32 Å². The lowest BCUT2D eigenvalue weighted by molar-refractivity contribution is -0.119. The van der Waals surface area contributed by atoms with E-state index in [0.29, 0.717) is 0 Å². The van der Waals surface area contributed by atoms with E-state index in [0.717, 1.165) is 29.9 Å². The van der Waals surface area contributed by atoms with Gasteiger partial charge in [0.15, 0.2) is 0 Å². The molecule has 1 amide bonds. The molecule has 1 N–H and O–H groups in total. The monoisotopic (exact) mass is 255 g/mol. The molecule has 0 spiro atoms. The molecule has 19 heavy (non-hydrogen) atoms. The number of aryl methyl sites for hydroxylation is 2. The van der Waals surface area contributed by atoms with Crippen LogP contribution in [0.15, 0.2) is 30.6 Å². The van der Waals surface area contributed by atoms with Crippen LogP contribution in [0.4, 0.5) is 5.69 Å². The molecule has 1 unspecified atom stereocenters. The highest BCUT2D eigenvalue weighted by molar-refractivity contribution is 5.95. The van der Waals surface area contributed by atoms with E-state index in [2.05, 4.69) is 16.4 Å². The fraction of sp³-hybridized carbons (Fsp3) is 0.333. The Bertz CT molecular complexity index is 630. The molecule has 1 aromatic heterocycles. The standard InChI is InChI=1S/C15H17N3O/c1-10-11(2)18(9-16-10)14-8-7-12-5-3-4-6-13(12)17-15(14)19/h3-6,9,14H,7-8H2,1-2H3,(H,17,19). The summed E-state index contributed by atoms with van der Waals surface area (Å²) < 4.78 is 1.98. The molecule has 3 rings (SSSR count). The number of aromatic nitrogens is 2. The number of fused-ring (bicyclic) bond motifs is 1. The number of carbonyl (C=O) groups is 1. The summed E-state index contributed by atoms with van der Waals surface area (Å²) >= 11 is 0. The van der Waals surface area contributed by atoms with E-state index in [-0.39, 0.29) is 11.9 Å². The summed E-state index contributed by atoms with van der Waals surface area (Å²) in [5.74, 6) is 0.0467. The van der Waals surface area contributed by atoms with Crippen molar-refractivity contribution in [3.8, 4) is 0 Å². The summed E-state index contributed by atoms with van der Waals surface area (Å²) in [6.45, 7) is 3.98. The number of nitrogens with zero attached hydrogens (tertiary/aromatic N) is 2. The Labute approximate surface area is 112 Å². The number of carbonyl (C=O) groups excluding carboxylic acids is 1. The van der Waals surface area contributed by atoms with E-state index in [9.17, 15) is 4.79 Å². The molecule has 98 valence electrons. The number of hydrogen-bond donors (Lipinski definition) is 1. The maximum absolute atomic E-state index is 12.4. The minimum absolute atomic E-state index is 0.0467. The van der Waals surface area contributed by atoms with E-state index in [1.54, 1.807) is 6.33 Å². The first-order valence-corrected chi connectivity index (χ1v) is 6.55. The summed E-state index contributed by atoms with van der Waals surface area (Å²) in [6.07, 6.45) is 3.47. The van der Waals surface area contributed by atoms with Crippen molar-refractivity contribution in [3.63, 3.8) is 0 Å². The second kappa shape index (κ2) is 4.53. The van der Waals surface area contributed by atoms with E-state index in [1.807, 2.05) is 36.6 Å². The maximum atomic E-state index is 12.4. The predicted molar refractivity (Wildman–Crippen MR) is 74.1 cm³/mol. The molecule has 4 heteroatoms. The average Bonchev–Trinajstić information content (AvgIpc) is 2.64. The largest absolute Gasteiger partial charge is 0.324 e. The molecule has 0 radical (unpaired) electrons. The fourth-order valence-electron chi connectivity index (χ4n) is 2.59. The lowest BCUT2D eigenvalue weighted by atomic mass is 10.1. The van der Waals surface area contributed by atoms with Crippen molar-refractivity contribution in [2.45, 2.75) is 32.7 Å². The Hall–Kier alpha value is -2.10. The second-order valence-electron chi connectivity index (χ2n) is 5.02. The SMILES string of the molecule is Cc1ncn(C2CCc3ccccc3NC2=O)c1C. The molecular weight excluding hydrogens is 238 g/mol. The van der Waals surface area contributed by atoms with Gasteiger partial charge in [0.1, 0.15) is 6.04 Å². The molecule has 1 aromatic carbocycles. The van der Waals surface area contributed by atoms with Crippen molar-refractivity contribution in [3.05, 3.63) is 47.5 Å². The highest BCUT2D eigenvalue weighted by atomic mass is 16.2. The number of rotatable bonds is 1. The van der Waals surface area contributed by atoms with Gasteiger partial charge in [-0.15, -0.1) is 0 Å². The number of imidazole rings is 1. The molecule has 0 saturated heterocycles. The van der Waals surface area contributed by atoms with Crippen molar-refractivity contribution >= 4 is 11.6 Å². The Morgan fingerprint density at radius 1 is 1.32 bits per heavy atom. The predicted octanol–water partition coefficient (Wildman–Crippen LogP) is 2.63. The molecule has 2 heterocycles. The molecule has 0 bridgehead atoms. The first kappa shape index (κ1) is 12.0. The van der Waals surface area contributed by atoms with Gasteiger partial charge in [0, 0.05) is 11.4 Å². The number of nitrogens with one attached hydrogen (secondary N) is 1. The minimum atomic E-state index is -0.173. The van der Waals surface area contributed by atoms with Crippen LogP contribution in [-0.2, 0) is 11.2 Å². The molecule has 2 aromatic rings. The van der Waals surface area contributed by atoms with Gasteiger partial charge in [0.05, 0.1) is 12.0 Å². The third-order valence-corrected chi connectivity index (χ3v) is 3.89. The molecular formula is C15H17N3O. The van der Waals surface area contributed by atoms with Crippen molar-refractivity contribution in [1.82, 2.24) is 9.55 Å². The molecule has 1 aliphatic heterocycles. The molecule has 0 saturated carbocycles. The molecule has 1 atom stereocenters. The van der Waals surface area contributed by atoms with Crippen molar-refractivity contribution < 1.29 is 4.79 Å². The zero-order valence-electron chi connectivity index (χ0n) is 11.2. The third-order valence-electron chi connectivity index (χ3n) is 3.89. The first-order chi connectivity index (χ1) is 9.16. The number of amides is 1. The van der Waals surface area contributed by atoms with E-state index >= 15 is 0 Å². The fourth-order valence-corrected chi connectivity index (χ4v) is 2.59. The van der Waals surface area contributed by atoms with Crippen LogP contribution in [0.2, 0.25) is 0 Å². The van der Waals surface area contributed by atoms with Crippen LogP contribution >= 0.6 is 0 Å². The van der Waals surface area contributed by atoms with E-state index < -0.39 is 0 Å². The Morgan fingerprint density at radius 3 is 2.84 bits per heavy atom. The highest BCUT2D eigenvalue weighted by Crippen LogP contribution is 2.27. The van der Waals surface area contributed by atoms with Gasteiger partial charge in [-0.1, -0.05) is 18.2 Å². The Balaban J connectivity index is 1.95. The number of para-hydroxylation sites is 1. The summed E-state index contributed by atoms with van der Waals surface area (Å²) in [7, 11) is 0. The van der Waals surface area contributed by atoms with Crippen molar-refractivity contribution in [2.75, 3.05) is 5.32 Å². The summed E-state index contributed by atoms with van der Waals surface area (Å²) in [6, 6.07) is 7.82. The van der Waals surface area contributed by atoms with Gasteiger partial charge in [-0.25, -0.2) is 4.98 Å². The third kappa shape index (κ3) is 2.03. The lowest BCUT2D eigenvalue weighted by Crippen LogP contribution is -2.25. The van der Waals surface area contributed by atoms with Crippen LogP contribution in [0.25, 0.3) is 0 Å². The highest BCUT2D eigenvalue weighted by Gasteiger charge is 2.26. The number of benzene rings is 1. The number of anilines is 1. The van der Waals surface area contributed by atoms with Gasteiger partial charge in [-0.05, 0) is 38.3 Å². The number of hydrogen-bond acceptors (Lipinski definition) is 2. The van der Waals surface area contributed by atoms with Crippen LogP contribution in [0.3, 0.4) is 0 Å². The zero-order valence-corrected chi connectivity index (χ0v) is 11.2. The maximum Gasteiger partial charge on any atom is 0.247 e. The van der Waals surface area contributed by atoms with Crippen molar-refractivity contribution in [1.29, 1.82) is 0 Å². The van der Waals surface area contributed by atoms with Gasteiger partial charge in [-0.2, -0.15) is 0 Å². The normalized spacial score (nSPS) is 18.6. The van der Waals surface area contributed by atoms with Crippen LogP contribution in [-0.4, -0.2) is 15.5 Å². The van der Waals surface area contributed by atoms with E-state index in [1.165, 1.54) is 5.56 Å². The summed E-state index contributed by atoms with van der Waals surface area (Å²) in [5.41, 5.74) is 4.18. The van der Waals surface area contributed by atoms with Crippen LogP contribution in [0, 0.1) is 13.8 Å². The molecule has 4 nitrogen and oxygen atoms in total. The lowest BCUT2D eigenvalue weighted by Gasteiger charge is -2.16. The van der Waals surface area contributed by atoms with Gasteiger partial charge in [-0.3, -0.25) is 4.79 Å². The van der Waals surface area contributed by atoms with Crippen molar-refractivity contribution in [2.24, 2.45) is 0 Å². The molecule has 0 aliphatic carbocycles. The van der Waals surface area contributed by atoms with Gasteiger partial charge >= 0.3 is 0 Å². The average molecular weight is 255 g/mol. The summed E-state index contributed by atoms with van der Waals surface area (Å²) in [5, 5.41) is 3.02. The molecule has 1 aliphatic rings. The molecule has 0 fully saturated rings. The smallest absolute Gasteiger partial charge is 0.247 e. The zero-order chi connectivity index (χ0) is 13.4. The quantitative estimate of drug-likeness (QED) is 0.851. The first-order valence-electron chi connectivity index (χ1n) is 6.55. The van der Waals surface area contributed by atoms with E-state index in [4.69, 9.17) is 0 Å². The van der Waals surface area contributed by atoms with Gasteiger partial charge in [0.2, 0.25) is 5.91 Å². The van der Waals surface area contributed by atoms with Gasteiger partial charge in [0.25, 0.3) is 0 Å². The minimum Gasteiger partial charge on any atom is -0.324 e. The van der Waals surface area contributed by atoms with Crippen LogP contribution in [0.5, 0.6) is 0 Å². The second-order valence-corrected chi connectivity index (χ2v) is 5.02. The summed E-state index contributed by atoms with van der Waals surface area (Å²) in [4.78, 5) is 16.7. The van der Waals surface area contributed by atoms with Gasteiger partial charge < -0.3 is 9.88 Å². The Kier molecular flexibility index (Phi) is 2.85. The van der Waals surface area contributed by atoms with Crippen LogP contribution in [0.1, 0.15) is 29.4 Å². The Morgan fingerprint density at radius 2 is 2.11 bits per heavy atom.